The lowest BCUT2D eigenvalue weighted by atomic mass is 9.85. The van der Waals surface area contributed by atoms with E-state index in [1.54, 1.807) is 0 Å². The second kappa shape index (κ2) is 7.10. The summed E-state index contributed by atoms with van der Waals surface area (Å²) in [5, 5.41) is 11.7. The van der Waals surface area contributed by atoms with Gasteiger partial charge in [0.05, 0.1) is 6.04 Å². The Balaban J connectivity index is 1.94. The number of benzene rings is 2. The number of amides is 1. The van der Waals surface area contributed by atoms with Crippen molar-refractivity contribution in [2.75, 3.05) is 0 Å². The van der Waals surface area contributed by atoms with E-state index in [0.29, 0.717) is 5.56 Å². The van der Waals surface area contributed by atoms with Gasteiger partial charge < -0.3 is 10.4 Å². The summed E-state index contributed by atoms with van der Waals surface area (Å²) in [5.74, 6) is -0.306. The first-order valence-corrected chi connectivity index (χ1v) is 9.23. The number of unbranched alkanes of at least 4 members (excludes halogenated alkanes) is 1. The zero-order valence-corrected chi connectivity index (χ0v) is 15.6. The normalized spacial score (nSPS) is 17.8. The van der Waals surface area contributed by atoms with Gasteiger partial charge in [-0.2, -0.15) is 0 Å². The van der Waals surface area contributed by atoms with Gasteiger partial charge in [-0.3, -0.25) is 0 Å². The molecule has 2 aromatic carbocycles. The van der Waals surface area contributed by atoms with E-state index in [9.17, 15) is 9.18 Å². The first kappa shape index (κ1) is 18.4. The third-order valence-corrected chi connectivity index (χ3v) is 5.32. The molecule has 2 aromatic rings. The standard InChI is InChI=1S/C22H26FNO2/c1-4-5-6-14-7-9-15(10-8-14)17-11-16-13-22(2,3)20(24-21(25)26)18(16)12-19(17)23/h7-12,20,24H,4-6,13H2,1-3H3,(H,25,26). The van der Waals surface area contributed by atoms with Crippen LogP contribution in [-0.4, -0.2) is 11.2 Å². The number of aryl methyl sites for hydroxylation is 1. The number of hydrogen-bond donors (Lipinski definition) is 2. The van der Waals surface area contributed by atoms with Crippen LogP contribution in [0.2, 0.25) is 0 Å². The van der Waals surface area contributed by atoms with Gasteiger partial charge in [-0.25, -0.2) is 9.18 Å². The van der Waals surface area contributed by atoms with Crippen molar-refractivity contribution in [3.63, 3.8) is 0 Å². The lowest BCUT2D eigenvalue weighted by Crippen LogP contribution is -2.34. The van der Waals surface area contributed by atoms with E-state index in [4.69, 9.17) is 5.11 Å². The summed E-state index contributed by atoms with van der Waals surface area (Å²) in [7, 11) is 0. The van der Waals surface area contributed by atoms with Crippen LogP contribution in [0, 0.1) is 11.2 Å². The molecule has 2 N–H and O–H groups in total. The minimum Gasteiger partial charge on any atom is -0.465 e. The first-order valence-electron chi connectivity index (χ1n) is 9.23. The monoisotopic (exact) mass is 355 g/mol. The van der Waals surface area contributed by atoms with E-state index in [2.05, 4.69) is 24.4 Å². The minimum atomic E-state index is -1.08. The molecule has 1 aliphatic carbocycles. The van der Waals surface area contributed by atoms with Gasteiger partial charge >= 0.3 is 6.09 Å². The number of rotatable bonds is 5. The molecule has 0 radical (unpaired) electrons. The fraction of sp³-hybridized carbons (Fsp3) is 0.409. The highest BCUT2D eigenvalue weighted by molar-refractivity contribution is 5.69. The van der Waals surface area contributed by atoms with Gasteiger partial charge in [-0.05, 0) is 59.1 Å². The molecule has 0 spiro atoms. The molecule has 26 heavy (non-hydrogen) atoms. The molecule has 3 nitrogen and oxygen atoms in total. The smallest absolute Gasteiger partial charge is 0.405 e. The fourth-order valence-corrected chi connectivity index (χ4v) is 3.92. The molecule has 0 saturated heterocycles. The Morgan fingerprint density at radius 2 is 1.96 bits per heavy atom. The Hall–Kier alpha value is -2.36. The van der Waals surface area contributed by atoms with Crippen LogP contribution in [0.5, 0.6) is 0 Å². The summed E-state index contributed by atoms with van der Waals surface area (Å²) in [5.41, 5.74) is 4.19. The maximum Gasteiger partial charge on any atom is 0.405 e. The Morgan fingerprint density at radius 3 is 2.58 bits per heavy atom. The van der Waals surface area contributed by atoms with Crippen molar-refractivity contribution in [2.45, 2.75) is 52.5 Å². The molecule has 138 valence electrons. The van der Waals surface area contributed by atoms with Crippen LogP contribution >= 0.6 is 0 Å². The zero-order chi connectivity index (χ0) is 18.9. The van der Waals surface area contributed by atoms with Gasteiger partial charge in [0.2, 0.25) is 0 Å². The predicted molar refractivity (Wildman–Crippen MR) is 102 cm³/mol. The number of carbonyl (C=O) groups is 1. The van der Waals surface area contributed by atoms with E-state index in [0.717, 1.165) is 42.4 Å². The Kier molecular flexibility index (Phi) is 5.03. The van der Waals surface area contributed by atoms with Gasteiger partial charge in [-0.1, -0.05) is 51.5 Å². The SMILES string of the molecule is CCCCc1ccc(-c2cc3c(cc2F)C(NC(=O)O)C(C)(C)C3)cc1. The van der Waals surface area contributed by atoms with Crippen molar-refractivity contribution in [1.29, 1.82) is 0 Å². The van der Waals surface area contributed by atoms with Crippen LogP contribution in [0.15, 0.2) is 36.4 Å². The highest BCUT2D eigenvalue weighted by Gasteiger charge is 2.40. The summed E-state index contributed by atoms with van der Waals surface area (Å²) >= 11 is 0. The van der Waals surface area contributed by atoms with Gasteiger partial charge in [0.15, 0.2) is 0 Å². The lowest BCUT2D eigenvalue weighted by Gasteiger charge is -2.27. The predicted octanol–water partition coefficient (Wildman–Crippen LogP) is 5.73. The Bertz CT molecular complexity index is 812. The molecule has 1 atom stereocenters. The van der Waals surface area contributed by atoms with Crippen molar-refractivity contribution in [2.24, 2.45) is 5.41 Å². The van der Waals surface area contributed by atoms with Crippen LogP contribution in [0.3, 0.4) is 0 Å². The second-order valence-corrected chi connectivity index (χ2v) is 7.88. The van der Waals surface area contributed by atoms with Crippen molar-refractivity contribution >= 4 is 6.09 Å². The third kappa shape index (κ3) is 3.59. The van der Waals surface area contributed by atoms with Gasteiger partial charge in [0, 0.05) is 5.56 Å². The van der Waals surface area contributed by atoms with Crippen molar-refractivity contribution < 1.29 is 14.3 Å². The van der Waals surface area contributed by atoms with Crippen LogP contribution in [0.25, 0.3) is 11.1 Å². The summed E-state index contributed by atoms with van der Waals surface area (Å²) in [4.78, 5) is 11.1. The Labute approximate surface area is 154 Å². The molecule has 1 amide bonds. The van der Waals surface area contributed by atoms with E-state index < -0.39 is 12.1 Å². The number of nitrogens with one attached hydrogen (secondary N) is 1. The molecule has 0 heterocycles. The summed E-state index contributed by atoms with van der Waals surface area (Å²) in [6.07, 6.45) is 2.99. The number of carboxylic acid groups (broad SMARTS) is 1. The Morgan fingerprint density at radius 1 is 1.27 bits per heavy atom. The van der Waals surface area contributed by atoms with Crippen LogP contribution in [0.4, 0.5) is 9.18 Å². The molecular weight excluding hydrogens is 329 g/mol. The average Bonchev–Trinajstić information content (AvgIpc) is 2.82. The molecule has 0 fully saturated rings. The van der Waals surface area contributed by atoms with Crippen molar-refractivity contribution in [3.8, 4) is 11.1 Å². The third-order valence-electron chi connectivity index (χ3n) is 5.32. The van der Waals surface area contributed by atoms with E-state index in [1.165, 1.54) is 11.6 Å². The molecule has 4 heteroatoms. The van der Waals surface area contributed by atoms with Gasteiger partial charge in [0.1, 0.15) is 5.82 Å². The quantitative estimate of drug-likeness (QED) is 0.720. The maximum atomic E-state index is 14.8. The molecular formula is C22H26FNO2. The van der Waals surface area contributed by atoms with Crippen molar-refractivity contribution in [1.82, 2.24) is 5.32 Å². The first-order chi connectivity index (χ1) is 12.3. The molecule has 0 aromatic heterocycles. The number of hydrogen-bond acceptors (Lipinski definition) is 1. The summed E-state index contributed by atoms with van der Waals surface area (Å²) < 4.78 is 14.8. The topological polar surface area (TPSA) is 49.3 Å². The summed E-state index contributed by atoms with van der Waals surface area (Å²) in [6, 6.07) is 11.1. The van der Waals surface area contributed by atoms with Crippen LogP contribution in [0.1, 0.15) is 56.3 Å². The van der Waals surface area contributed by atoms with Crippen LogP contribution in [-0.2, 0) is 12.8 Å². The minimum absolute atomic E-state index is 0.282. The number of halogens is 1. The fourth-order valence-electron chi connectivity index (χ4n) is 3.92. The molecule has 0 bridgehead atoms. The maximum absolute atomic E-state index is 14.8. The molecule has 3 rings (SSSR count). The molecule has 1 unspecified atom stereocenters. The zero-order valence-electron chi connectivity index (χ0n) is 15.6. The second-order valence-electron chi connectivity index (χ2n) is 7.88. The molecule has 0 aliphatic heterocycles. The lowest BCUT2D eigenvalue weighted by molar-refractivity contribution is 0.175. The number of fused-ring (bicyclic) bond motifs is 1. The van der Waals surface area contributed by atoms with Gasteiger partial charge in [0.25, 0.3) is 0 Å². The van der Waals surface area contributed by atoms with Gasteiger partial charge in [-0.15, -0.1) is 0 Å². The largest absolute Gasteiger partial charge is 0.465 e. The highest BCUT2D eigenvalue weighted by Crippen LogP contribution is 2.46. The van der Waals surface area contributed by atoms with Crippen LogP contribution < -0.4 is 5.32 Å². The van der Waals surface area contributed by atoms with E-state index >= 15 is 0 Å². The average molecular weight is 355 g/mol. The summed E-state index contributed by atoms with van der Waals surface area (Å²) in [6.45, 7) is 6.18. The molecule has 1 aliphatic rings. The van der Waals surface area contributed by atoms with E-state index in [1.807, 2.05) is 32.0 Å². The molecule has 0 saturated carbocycles. The van der Waals surface area contributed by atoms with E-state index in [-0.39, 0.29) is 11.2 Å². The highest BCUT2D eigenvalue weighted by atomic mass is 19.1. The van der Waals surface area contributed by atoms with Crippen molar-refractivity contribution in [3.05, 3.63) is 58.9 Å².